The van der Waals surface area contributed by atoms with Crippen LogP contribution in [0.5, 0.6) is 17.2 Å². The smallest absolute Gasteiger partial charge is 0.230 e. The zero-order chi connectivity index (χ0) is 23.8. The second-order valence-corrected chi connectivity index (χ2v) is 9.38. The lowest BCUT2D eigenvalue weighted by atomic mass is 9.85. The molecular formula is C27H47NO4. The Hall–Kier alpha value is -1.91. The van der Waals surface area contributed by atoms with Crippen LogP contribution in [0.4, 0.5) is 5.69 Å². The van der Waals surface area contributed by atoms with Crippen LogP contribution in [0.3, 0.4) is 0 Å². The van der Waals surface area contributed by atoms with Crippen molar-refractivity contribution in [2.24, 2.45) is 5.41 Å². The molecule has 0 saturated carbocycles. The third-order valence-electron chi connectivity index (χ3n) is 6.22. The standard InChI is InChI=1S/C27H47NO4/c1-7-8-9-10-11-12-13-14-15-16-17-18-19-27(2,3)26(29)28-25-23(31-5)20-22(30-4)21-24(25)32-6/h20-21H,7-19H2,1-6H3,(H,28,29). The fourth-order valence-electron chi connectivity index (χ4n) is 3.93. The van der Waals surface area contributed by atoms with E-state index in [0.29, 0.717) is 22.9 Å². The number of methoxy groups -OCH3 is 3. The van der Waals surface area contributed by atoms with Crippen molar-refractivity contribution in [3.8, 4) is 17.2 Å². The SMILES string of the molecule is CCCCCCCCCCCCCCC(C)(C)C(=O)Nc1c(OC)cc(OC)cc1OC. The molecule has 5 heteroatoms. The van der Waals surface area contributed by atoms with Gasteiger partial charge >= 0.3 is 0 Å². The van der Waals surface area contributed by atoms with Crippen LogP contribution >= 0.6 is 0 Å². The van der Waals surface area contributed by atoms with E-state index < -0.39 is 5.41 Å². The Balaban J connectivity index is 2.36. The normalized spacial score (nSPS) is 11.3. The lowest BCUT2D eigenvalue weighted by Crippen LogP contribution is -2.31. The number of nitrogens with one attached hydrogen (secondary N) is 1. The molecule has 32 heavy (non-hydrogen) atoms. The first-order valence-electron chi connectivity index (χ1n) is 12.5. The number of hydrogen-bond donors (Lipinski definition) is 1. The van der Waals surface area contributed by atoms with Crippen LogP contribution in [0.2, 0.25) is 0 Å². The van der Waals surface area contributed by atoms with E-state index in [9.17, 15) is 4.79 Å². The summed E-state index contributed by atoms with van der Waals surface area (Å²) in [7, 11) is 4.73. The summed E-state index contributed by atoms with van der Waals surface area (Å²) < 4.78 is 16.2. The maximum atomic E-state index is 13.0. The third-order valence-corrected chi connectivity index (χ3v) is 6.22. The molecule has 1 amide bonds. The number of carbonyl (C=O) groups is 1. The predicted octanol–water partition coefficient (Wildman–Crippen LogP) is 7.77. The van der Waals surface area contributed by atoms with Gasteiger partial charge in [-0.15, -0.1) is 0 Å². The van der Waals surface area contributed by atoms with Crippen LogP contribution in [-0.2, 0) is 4.79 Å². The fraction of sp³-hybridized carbons (Fsp3) is 0.741. The van der Waals surface area contributed by atoms with Crippen LogP contribution in [0.25, 0.3) is 0 Å². The second kappa shape index (κ2) is 15.8. The first-order chi connectivity index (χ1) is 15.4. The highest BCUT2D eigenvalue weighted by atomic mass is 16.5. The molecule has 5 nitrogen and oxygen atoms in total. The van der Waals surface area contributed by atoms with Crippen molar-refractivity contribution in [1.29, 1.82) is 0 Å². The summed E-state index contributed by atoms with van der Waals surface area (Å²) in [4.78, 5) is 13.0. The Kier molecular flexibility index (Phi) is 13.9. The van der Waals surface area contributed by atoms with E-state index in [1.807, 2.05) is 13.8 Å². The minimum Gasteiger partial charge on any atom is -0.496 e. The molecule has 0 aliphatic carbocycles. The summed E-state index contributed by atoms with van der Waals surface area (Å²) in [6.07, 6.45) is 16.7. The third kappa shape index (κ3) is 10.1. The average Bonchev–Trinajstić information content (AvgIpc) is 2.79. The molecule has 0 atom stereocenters. The Morgan fingerprint density at radius 1 is 0.750 bits per heavy atom. The Morgan fingerprint density at radius 3 is 1.59 bits per heavy atom. The first-order valence-corrected chi connectivity index (χ1v) is 12.5. The summed E-state index contributed by atoms with van der Waals surface area (Å²) in [6.45, 7) is 6.27. The number of benzene rings is 1. The fourth-order valence-corrected chi connectivity index (χ4v) is 3.93. The van der Waals surface area contributed by atoms with Crippen molar-refractivity contribution in [3.05, 3.63) is 12.1 Å². The van der Waals surface area contributed by atoms with Gasteiger partial charge in [0.1, 0.15) is 22.9 Å². The van der Waals surface area contributed by atoms with Gasteiger partial charge in [0.2, 0.25) is 5.91 Å². The maximum Gasteiger partial charge on any atom is 0.230 e. The van der Waals surface area contributed by atoms with Gasteiger partial charge in [0.15, 0.2) is 0 Å². The summed E-state index contributed by atoms with van der Waals surface area (Å²) in [6, 6.07) is 3.49. The lowest BCUT2D eigenvalue weighted by Gasteiger charge is -2.25. The van der Waals surface area contributed by atoms with Crippen LogP contribution < -0.4 is 19.5 Å². The highest BCUT2D eigenvalue weighted by molar-refractivity contribution is 5.97. The van der Waals surface area contributed by atoms with E-state index in [0.717, 1.165) is 12.8 Å². The van der Waals surface area contributed by atoms with Crippen LogP contribution in [-0.4, -0.2) is 27.2 Å². The molecule has 0 fully saturated rings. The quantitative estimate of drug-likeness (QED) is 0.233. The molecule has 0 aliphatic heterocycles. The molecule has 184 valence electrons. The molecule has 0 heterocycles. The number of rotatable bonds is 18. The zero-order valence-corrected chi connectivity index (χ0v) is 21.5. The number of unbranched alkanes of at least 4 members (excludes halogenated alkanes) is 11. The van der Waals surface area contributed by atoms with Gasteiger partial charge in [0.25, 0.3) is 0 Å². The molecule has 0 unspecified atom stereocenters. The van der Waals surface area contributed by atoms with Gasteiger partial charge in [0.05, 0.1) is 21.3 Å². The van der Waals surface area contributed by atoms with Gasteiger partial charge in [-0.05, 0) is 6.42 Å². The van der Waals surface area contributed by atoms with Gasteiger partial charge in [-0.25, -0.2) is 0 Å². The molecule has 1 rings (SSSR count). The van der Waals surface area contributed by atoms with Crippen molar-refractivity contribution in [3.63, 3.8) is 0 Å². The maximum absolute atomic E-state index is 13.0. The summed E-state index contributed by atoms with van der Waals surface area (Å²) in [5.74, 6) is 1.64. The Morgan fingerprint density at radius 2 is 1.19 bits per heavy atom. The molecule has 0 aromatic heterocycles. The van der Waals surface area contributed by atoms with Crippen molar-refractivity contribution < 1.29 is 19.0 Å². The molecule has 0 aliphatic rings. The largest absolute Gasteiger partial charge is 0.496 e. The molecule has 0 spiro atoms. The number of carbonyl (C=O) groups excluding carboxylic acids is 1. The molecule has 0 bridgehead atoms. The van der Waals surface area contributed by atoms with E-state index in [1.54, 1.807) is 33.5 Å². The second-order valence-electron chi connectivity index (χ2n) is 9.38. The van der Waals surface area contributed by atoms with Crippen LogP contribution in [0.1, 0.15) is 104 Å². The Bertz CT molecular complexity index is 632. The summed E-state index contributed by atoms with van der Waals surface area (Å²) in [5.41, 5.74) is 0.0811. The Labute approximate surface area is 196 Å². The molecule has 1 aromatic rings. The van der Waals surface area contributed by atoms with E-state index in [-0.39, 0.29) is 5.91 Å². The number of amides is 1. The van der Waals surface area contributed by atoms with Gasteiger partial charge in [-0.3, -0.25) is 4.79 Å². The van der Waals surface area contributed by atoms with Crippen LogP contribution in [0.15, 0.2) is 12.1 Å². The predicted molar refractivity (Wildman–Crippen MR) is 134 cm³/mol. The number of ether oxygens (including phenoxy) is 3. The zero-order valence-electron chi connectivity index (χ0n) is 21.5. The van der Waals surface area contributed by atoms with Crippen molar-refractivity contribution >= 4 is 11.6 Å². The van der Waals surface area contributed by atoms with E-state index in [1.165, 1.54) is 70.6 Å². The molecule has 1 aromatic carbocycles. The molecule has 1 N–H and O–H groups in total. The van der Waals surface area contributed by atoms with E-state index >= 15 is 0 Å². The van der Waals surface area contributed by atoms with Crippen LogP contribution in [0, 0.1) is 5.41 Å². The number of anilines is 1. The number of hydrogen-bond acceptors (Lipinski definition) is 4. The summed E-state index contributed by atoms with van der Waals surface area (Å²) >= 11 is 0. The molecule has 0 radical (unpaired) electrons. The molecular weight excluding hydrogens is 402 g/mol. The average molecular weight is 450 g/mol. The van der Waals surface area contributed by atoms with Gasteiger partial charge < -0.3 is 19.5 Å². The minimum absolute atomic E-state index is 0.0256. The summed E-state index contributed by atoms with van der Waals surface area (Å²) in [5, 5.41) is 3.02. The van der Waals surface area contributed by atoms with Gasteiger partial charge in [0, 0.05) is 17.5 Å². The van der Waals surface area contributed by atoms with Crippen molar-refractivity contribution in [1.82, 2.24) is 0 Å². The molecule has 0 saturated heterocycles. The first kappa shape index (κ1) is 28.1. The minimum atomic E-state index is -0.464. The lowest BCUT2D eigenvalue weighted by molar-refractivity contribution is -0.124. The topological polar surface area (TPSA) is 56.8 Å². The van der Waals surface area contributed by atoms with E-state index in [2.05, 4.69) is 12.2 Å². The monoisotopic (exact) mass is 449 g/mol. The highest BCUT2D eigenvalue weighted by Crippen LogP contribution is 2.40. The van der Waals surface area contributed by atoms with Gasteiger partial charge in [-0.1, -0.05) is 97.8 Å². The van der Waals surface area contributed by atoms with Crippen molar-refractivity contribution in [2.75, 3.05) is 26.6 Å². The van der Waals surface area contributed by atoms with E-state index in [4.69, 9.17) is 14.2 Å². The highest BCUT2D eigenvalue weighted by Gasteiger charge is 2.29. The van der Waals surface area contributed by atoms with Crippen molar-refractivity contribution in [2.45, 2.75) is 104 Å². The van der Waals surface area contributed by atoms with Gasteiger partial charge in [-0.2, -0.15) is 0 Å².